The molecule has 0 aliphatic carbocycles. The number of sulfonamides is 1. The van der Waals surface area contributed by atoms with Crippen molar-refractivity contribution >= 4 is 15.7 Å². The first-order valence-electron chi connectivity index (χ1n) is 5.59. The molecule has 0 saturated carbocycles. The summed E-state index contributed by atoms with van der Waals surface area (Å²) in [6.45, 7) is 1.65. The van der Waals surface area contributed by atoms with Gasteiger partial charge in [-0.2, -0.15) is 5.10 Å². The Balaban J connectivity index is 2.33. The van der Waals surface area contributed by atoms with Crippen molar-refractivity contribution in [3.05, 3.63) is 36.2 Å². The minimum atomic E-state index is -3.64. The zero-order valence-electron chi connectivity index (χ0n) is 10.9. The smallest absolute Gasteiger partial charge is 0.265 e. The maximum Gasteiger partial charge on any atom is 0.265 e. The number of nitrogens with one attached hydrogen (secondary N) is 1. The topological polar surface area (TPSA) is 73.2 Å². The van der Waals surface area contributed by atoms with Crippen molar-refractivity contribution in [1.82, 2.24) is 9.78 Å². The Kier molecular flexibility index (Phi) is 3.48. The Morgan fingerprint density at radius 3 is 2.68 bits per heavy atom. The standard InChI is InChI=1S/C12H15N3O3S/c1-9-12(8-15(2)13-9)19(16,17)14-10-5-4-6-11(7-10)18-3/h4-8,14H,1-3H3. The quantitative estimate of drug-likeness (QED) is 0.922. The Morgan fingerprint density at radius 2 is 2.11 bits per heavy atom. The van der Waals surface area contributed by atoms with E-state index in [0.29, 0.717) is 17.1 Å². The molecule has 0 fully saturated rings. The number of ether oxygens (including phenoxy) is 1. The lowest BCUT2D eigenvalue weighted by atomic mass is 10.3. The second-order valence-electron chi connectivity index (χ2n) is 4.09. The third-order valence-electron chi connectivity index (χ3n) is 2.58. The number of benzene rings is 1. The predicted octanol–water partition coefficient (Wildman–Crippen LogP) is 1.54. The first-order valence-corrected chi connectivity index (χ1v) is 7.08. The van der Waals surface area contributed by atoms with E-state index in [4.69, 9.17) is 4.74 Å². The number of hydrogen-bond donors (Lipinski definition) is 1. The molecule has 0 aliphatic heterocycles. The molecule has 19 heavy (non-hydrogen) atoms. The number of methoxy groups -OCH3 is 1. The number of rotatable bonds is 4. The lowest BCUT2D eigenvalue weighted by molar-refractivity contribution is 0.415. The summed E-state index contributed by atoms with van der Waals surface area (Å²) in [6.07, 6.45) is 1.47. The van der Waals surface area contributed by atoms with Crippen molar-refractivity contribution < 1.29 is 13.2 Å². The highest BCUT2D eigenvalue weighted by Gasteiger charge is 2.19. The maximum atomic E-state index is 12.2. The van der Waals surface area contributed by atoms with Crippen molar-refractivity contribution in [2.45, 2.75) is 11.8 Å². The molecule has 0 aliphatic rings. The molecule has 0 unspecified atom stereocenters. The van der Waals surface area contributed by atoms with E-state index in [1.807, 2.05) is 0 Å². The van der Waals surface area contributed by atoms with E-state index in [2.05, 4.69) is 9.82 Å². The molecule has 2 aromatic rings. The largest absolute Gasteiger partial charge is 0.497 e. The van der Waals surface area contributed by atoms with Gasteiger partial charge in [0.15, 0.2) is 0 Å². The highest BCUT2D eigenvalue weighted by molar-refractivity contribution is 7.92. The first-order chi connectivity index (χ1) is 8.92. The van der Waals surface area contributed by atoms with Crippen LogP contribution >= 0.6 is 0 Å². The molecule has 0 bridgehead atoms. The Labute approximate surface area is 112 Å². The minimum Gasteiger partial charge on any atom is -0.497 e. The summed E-state index contributed by atoms with van der Waals surface area (Å²) in [7, 11) is -0.432. The summed E-state index contributed by atoms with van der Waals surface area (Å²) in [5.41, 5.74) is 0.903. The summed E-state index contributed by atoms with van der Waals surface area (Å²) in [6, 6.07) is 6.73. The molecule has 1 N–H and O–H groups in total. The molecular weight excluding hydrogens is 266 g/mol. The highest BCUT2D eigenvalue weighted by Crippen LogP contribution is 2.21. The normalized spacial score (nSPS) is 11.3. The summed E-state index contributed by atoms with van der Waals surface area (Å²) in [5, 5.41) is 4.03. The van der Waals surface area contributed by atoms with Crippen LogP contribution in [-0.4, -0.2) is 25.3 Å². The molecule has 0 radical (unpaired) electrons. The molecule has 0 spiro atoms. The van der Waals surface area contributed by atoms with Gasteiger partial charge in [-0.15, -0.1) is 0 Å². The van der Waals surface area contributed by atoms with Crippen LogP contribution in [0.5, 0.6) is 5.75 Å². The van der Waals surface area contributed by atoms with Crippen LogP contribution in [0.4, 0.5) is 5.69 Å². The van der Waals surface area contributed by atoms with Crippen LogP contribution in [0.2, 0.25) is 0 Å². The van der Waals surface area contributed by atoms with E-state index in [0.717, 1.165) is 0 Å². The number of aromatic nitrogens is 2. The second-order valence-corrected chi connectivity index (χ2v) is 5.74. The number of nitrogens with zero attached hydrogens (tertiary/aromatic N) is 2. The molecule has 2 rings (SSSR count). The number of aryl methyl sites for hydroxylation is 2. The monoisotopic (exact) mass is 281 g/mol. The SMILES string of the molecule is COc1cccc(NS(=O)(=O)c2cn(C)nc2C)c1. The van der Waals surface area contributed by atoms with Gasteiger partial charge in [-0.1, -0.05) is 6.07 Å². The minimum absolute atomic E-state index is 0.165. The molecule has 1 aromatic carbocycles. The van der Waals surface area contributed by atoms with Crippen LogP contribution in [0.3, 0.4) is 0 Å². The fraction of sp³-hybridized carbons (Fsp3) is 0.250. The zero-order chi connectivity index (χ0) is 14.0. The van der Waals surface area contributed by atoms with E-state index in [1.165, 1.54) is 18.0 Å². The fourth-order valence-electron chi connectivity index (χ4n) is 1.74. The van der Waals surface area contributed by atoms with Crippen molar-refractivity contribution in [2.24, 2.45) is 7.05 Å². The first kappa shape index (κ1) is 13.4. The van der Waals surface area contributed by atoms with E-state index >= 15 is 0 Å². The highest BCUT2D eigenvalue weighted by atomic mass is 32.2. The van der Waals surface area contributed by atoms with E-state index < -0.39 is 10.0 Å². The summed E-state index contributed by atoms with van der Waals surface area (Å²) >= 11 is 0. The summed E-state index contributed by atoms with van der Waals surface area (Å²) < 4.78 is 33.5. The van der Waals surface area contributed by atoms with Crippen LogP contribution < -0.4 is 9.46 Å². The van der Waals surface area contributed by atoms with Crippen LogP contribution in [0.15, 0.2) is 35.4 Å². The van der Waals surface area contributed by atoms with Crippen molar-refractivity contribution in [2.75, 3.05) is 11.8 Å². The molecule has 0 atom stereocenters. The molecular formula is C12H15N3O3S. The van der Waals surface area contributed by atoms with Gasteiger partial charge >= 0.3 is 0 Å². The van der Waals surface area contributed by atoms with Gasteiger partial charge in [-0.3, -0.25) is 9.40 Å². The Hall–Kier alpha value is -2.02. The predicted molar refractivity (Wildman–Crippen MR) is 71.7 cm³/mol. The number of anilines is 1. The van der Waals surface area contributed by atoms with Crippen molar-refractivity contribution in [1.29, 1.82) is 0 Å². The van der Waals surface area contributed by atoms with E-state index in [-0.39, 0.29) is 4.90 Å². The van der Waals surface area contributed by atoms with Crippen LogP contribution in [0.1, 0.15) is 5.69 Å². The Bertz CT molecular complexity index is 692. The fourth-order valence-corrected chi connectivity index (χ4v) is 3.01. The summed E-state index contributed by atoms with van der Waals surface area (Å²) in [5.74, 6) is 0.586. The molecule has 0 saturated heterocycles. The summed E-state index contributed by atoms with van der Waals surface area (Å²) in [4.78, 5) is 0.165. The number of hydrogen-bond acceptors (Lipinski definition) is 4. The lowest BCUT2D eigenvalue weighted by Gasteiger charge is -2.08. The second kappa shape index (κ2) is 4.93. The van der Waals surface area contributed by atoms with Gasteiger partial charge in [0, 0.05) is 19.3 Å². The van der Waals surface area contributed by atoms with Gasteiger partial charge < -0.3 is 4.74 Å². The van der Waals surface area contributed by atoms with Gasteiger partial charge in [-0.25, -0.2) is 8.42 Å². The maximum absolute atomic E-state index is 12.2. The third-order valence-corrected chi connectivity index (χ3v) is 4.06. The van der Waals surface area contributed by atoms with Crippen LogP contribution in [-0.2, 0) is 17.1 Å². The Morgan fingerprint density at radius 1 is 1.37 bits per heavy atom. The van der Waals surface area contributed by atoms with Gasteiger partial charge in [0.1, 0.15) is 10.6 Å². The third kappa shape index (κ3) is 2.87. The van der Waals surface area contributed by atoms with Gasteiger partial charge in [-0.05, 0) is 19.1 Å². The molecule has 7 heteroatoms. The molecule has 1 aromatic heterocycles. The molecule has 0 amide bonds. The van der Waals surface area contributed by atoms with Crippen LogP contribution in [0, 0.1) is 6.92 Å². The van der Waals surface area contributed by atoms with Gasteiger partial charge in [0.25, 0.3) is 10.0 Å². The van der Waals surface area contributed by atoms with Crippen molar-refractivity contribution in [3.63, 3.8) is 0 Å². The van der Waals surface area contributed by atoms with Gasteiger partial charge in [0.2, 0.25) is 0 Å². The average molecular weight is 281 g/mol. The zero-order valence-corrected chi connectivity index (χ0v) is 11.7. The van der Waals surface area contributed by atoms with Crippen molar-refractivity contribution in [3.8, 4) is 5.75 Å². The van der Waals surface area contributed by atoms with Crippen LogP contribution in [0.25, 0.3) is 0 Å². The lowest BCUT2D eigenvalue weighted by Crippen LogP contribution is -2.13. The average Bonchev–Trinajstić information content (AvgIpc) is 2.69. The molecule has 102 valence electrons. The molecule has 1 heterocycles. The van der Waals surface area contributed by atoms with E-state index in [9.17, 15) is 8.42 Å². The molecule has 6 nitrogen and oxygen atoms in total. The van der Waals surface area contributed by atoms with Gasteiger partial charge in [0.05, 0.1) is 18.5 Å². The van der Waals surface area contributed by atoms with E-state index in [1.54, 1.807) is 38.2 Å².